The molecule has 6 heteroatoms. The molecule has 20 heavy (non-hydrogen) atoms. The van der Waals surface area contributed by atoms with Gasteiger partial charge >= 0.3 is 0 Å². The highest BCUT2D eigenvalue weighted by Gasteiger charge is 2.18. The van der Waals surface area contributed by atoms with Gasteiger partial charge < -0.3 is 20.5 Å². The van der Waals surface area contributed by atoms with Crippen molar-refractivity contribution in [2.24, 2.45) is 5.73 Å². The third-order valence-electron chi connectivity index (χ3n) is 3.50. The molecule has 0 unspecified atom stereocenters. The maximum Gasteiger partial charge on any atom is 0.226 e. The molecule has 0 bridgehead atoms. The number of anilines is 1. The molecule has 0 aliphatic heterocycles. The summed E-state index contributed by atoms with van der Waals surface area (Å²) < 4.78 is 10.9. The van der Waals surface area contributed by atoms with E-state index in [2.05, 4.69) is 15.3 Å². The number of nitrogens with two attached hydrogens (primary N) is 1. The van der Waals surface area contributed by atoms with E-state index in [9.17, 15) is 0 Å². The first kappa shape index (κ1) is 15.0. The SMILES string of the molecule is COc1cc(C)nc(NCCOC2CCC(N)CC2)n1. The lowest BCUT2D eigenvalue weighted by Gasteiger charge is -2.26. The Morgan fingerprint density at radius 2 is 2.05 bits per heavy atom. The lowest BCUT2D eigenvalue weighted by Crippen LogP contribution is -2.31. The molecule has 1 saturated carbocycles. The number of nitrogens with zero attached hydrogens (tertiary/aromatic N) is 2. The zero-order valence-corrected chi connectivity index (χ0v) is 12.3. The van der Waals surface area contributed by atoms with Crippen LogP contribution in [-0.4, -0.2) is 42.4 Å². The summed E-state index contributed by atoms with van der Waals surface area (Å²) in [6, 6.07) is 2.16. The number of hydrogen-bond acceptors (Lipinski definition) is 6. The molecule has 1 aliphatic carbocycles. The average molecular weight is 280 g/mol. The van der Waals surface area contributed by atoms with Crippen molar-refractivity contribution >= 4 is 5.95 Å². The molecule has 0 spiro atoms. The van der Waals surface area contributed by atoms with Gasteiger partial charge in [0.1, 0.15) is 0 Å². The molecule has 1 aromatic heterocycles. The van der Waals surface area contributed by atoms with Crippen LogP contribution >= 0.6 is 0 Å². The summed E-state index contributed by atoms with van der Waals surface area (Å²) in [6.07, 6.45) is 4.61. The second-order valence-corrected chi connectivity index (χ2v) is 5.21. The van der Waals surface area contributed by atoms with E-state index in [0.717, 1.165) is 31.4 Å². The van der Waals surface area contributed by atoms with Crippen LogP contribution in [0.5, 0.6) is 5.88 Å². The van der Waals surface area contributed by atoms with Crippen LogP contribution in [0, 0.1) is 6.92 Å². The molecule has 3 N–H and O–H groups in total. The van der Waals surface area contributed by atoms with Gasteiger partial charge in [-0.2, -0.15) is 4.98 Å². The van der Waals surface area contributed by atoms with Gasteiger partial charge in [-0.15, -0.1) is 0 Å². The summed E-state index contributed by atoms with van der Waals surface area (Å²) in [5.74, 6) is 1.15. The van der Waals surface area contributed by atoms with Gasteiger partial charge in [0.25, 0.3) is 0 Å². The van der Waals surface area contributed by atoms with Crippen molar-refractivity contribution < 1.29 is 9.47 Å². The molecule has 6 nitrogen and oxygen atoms in total. The van der Waals surface area contributed by atoms with Gasteiger partial charge in [-0.3, -0.25) is 0 Å². The molecule has 0 saturated heterocycles. The Morgan fingerprint density at radius 3 is 2.75 bits per heavy atom. The molecule has 0 amide bonds. The summed E-state index contributed by atoms with van der Waals surface area (Å²) in [5.41, 5.74) is 6.75. The minimum Gasteiger partial charge on any atom is -0.481 e. The molecule has 2 rings (SSSR count). The fourth-order valence-corrected chi connectivity index (χ4v) is 2.37. The van der Waals surface area contributed by atoms with Crippen LogP contribution in [0.15, 0.2) is 6.07 Å². The number of ether oxygens (including phenoxy) is 2. The Balaban J connectivity index is 1.69. The Morgan fingerprint density at radius 1 is 1.30 bits per heavy atom. The van der Waals surface area contributed by atoms with E-state index in [0.29, 0.717) is 37.1 Å². The molecule has 0 atom stereocenters. The highest BCUT2D eigenvalue weighted by Crippen LogP contribution is 2.19. The highest BCUT2D eigenvalue weighted by atomic mass is 16.5. The molecular formula is C14H24N4O2. The van der Waals surface area contributed by atoms with Gasteiger partial charge in [0.05, 0.1) is 19.8 Å². The quantitative estimate of drug-likeness (QED) is 0.768. The number of rotatable bonds is 6. The zero-order chi connectivity index (χ0) is 14.4. The largest absolute Gasteiger partial charge is 0.481 e. The summed E-state index contributed by atoms with van der Waals surface area (Å²) in [4.78, 5) is 8.53. The van der Waals surface area contributed by atoms with Crippen LogP contribution in [0.3, 0.4) is 0 Å². The van der Waals surface area contributed by atoms with E-state index >= 15 is 0 Å². The number of aryl methyl sites for hydroxylation is 1. The van der Waals surface area contributed by atoms with Crippen molar-refractivity contribution in [2.75, 3.05) is 25.6 Å². The van der Waals surface area contributed by atoms with Crippen LogP contribution in [0.4, 0.5) is 5.95 Å². The van der Waals surface area contributed by atoms with Crippen LogP contribution in [0.25, 0.3) is 0 Å². The van der Waals surface area contributed by atoms with Crippen LogP contribution in [0.2, 0.25) is 0 Å². The first-order valence-electron chi connectivity index (χ1n) is 7.18. The monoisotopic (exact) mass is 280 g/mol. The topological polar surface area (TPSA) is 82.3 Å². The van der Waals surface area contributed by atoms with Gasteiger partial charge in [-0.25, -0.2) is 4.98 Å². The van der Waals surface area contributed by atoms with Crippen molar-refractivity contribution in [1.29, 1.82) is 0 Å². The smallest absolute Gasteiger partial charge is 0.226 e. The number of nitrogens with one attached hydrogen (secondary N) is 1. The van der Waals surface area contributed by atoms with E-state index in [1.807, 2.05) is 6.92 Å². The fourth-order valence-electron chi connectivity index (χ4n) is 2.37. The first-order valence-corrected chi connectivity index (χ1v) is 7.18. The maximum atomic E-state index is 5.87. The Kier molecular flexibility index (Phi) is 5.55. The molecule has 1 aliphatic rings. The third kappa shape index (κ3) is 4.61. The molecule has 1 aromatic rings. The summed E-state index contributed by atoms with van der Waals surface area (Å²) in [6.45, 7) is 3.26. The first-order chi connectivity index (χ1) is 9.67. The van der Waals surface area contributed by atoms with Crippen LogP contribution < -0.4 is 15.8 Å². The second kappa shape index (κ2) is 7.40. The van der Waals surface area contributed by atoms with Gasteiger partial charge in [-0.05, 0) is 32.6 Å². The van der Waals surface area contributed by atoms with Gasteiger partial charge in [0.15, 0.2) is 0 Å². The van der Waals surface area contributed by atoms with Crippen LogP contribution in [0.1, 0.15) is 31.4 Å². The van der Waals surface area contributed by atoms with Crippen LogP contribution in [-0.2, 0) is 4.74 Å². The number of methoxy groups -OCH3 is 1. The standard InChI is InChI=1S/C14H24N4O2/c1-10-9-13(19-2)18-14(17-10)16-7-8-20-12-5-3-11(15)4-6-12/h9,11-12H,3-8,15H2,1-2H3,(H,16,17,18). The van der Waals surface area contributed by atoms with Crippen molar-refractivity contribution in [3.63, 3.8) is 0 Å². The fraction of sp³-hybridized carbons (Fsp3) is 0.714. The van der Waals surface area contributed by atoms with Crippen molar-refractivity contribution in [1.82, 2.24) is 9.97 Å². The van der Waals surface area contributed by atoms with E-state index in [4.69, 9.17) is 15.2 Å². The third-order valence-corrected chi connectivity index (χ3v) is 3.50. The minimum absolute atomic E-state index is 0.351. The number of hydrogen-bond donors (Lipinski definition) is 2. The van der Waals surface area contributed by atoms with Gasteiger partial charge in [0, 0.05) is 24.3 Å². The molecule has 112 valence electrons. The molecule has 1 heterocycles. The molecule has 0 aromatic carbocycles. The van der Waals surface area contributed by atoms with Crippen molar-refractivity contribution in [3.8, 4) is 5.88 Å². The van der Waals surface area contributed by atoms with E-state index in [1.54, 1.807) is 13.2 Å². The molecule has 1 fully saturated rings. The van der Waals surface area contributed by atoms with Crippen molar-refractivity contribution in [3.05, 3.63) is 11.8 Å². The normalized spacial score (nSPS) is 22.6. The predicted molar refractivity (Wildman–Crippen MR) is 78.0 cm³/mol. The number of aromatic nitrogens is 2. The van der Waals surface area contributed by atoms with E-state index in [-0.39, 0.29) is 0 Å². The van der Waals surface area contributed by atoms with Gasteiger partial charge in [0.2, 0.25) is 11.8 Å². The average Bonchev–Trinajstić information content (AvgIpc) is 2.45. The summed E-state index contributed by atoms with van der Waals surface area (Å²) in [7, 11) is 1.60. The second-order valence-electron chi connectivity index (χ2n) is 5.21. The van der Waals surface area contributed by atoms with Crippen molar-refractivity contribution in [2.45, 2.75) is 44.8 Å². The van der Waals surface area contributed by atoms with Gasteiger partial charge in [-0.1, -0.05) is 0 Å². The highest BCUT2D eigenvalue weighted by molar-refractivity contribution is 5.30. The lowest BCUT2D eigenvalue weighted by atomic mass is 9.94. The predicted octanol–water partition coefficient (Wildman–Crippen LogP) is 1.49. The Bertz CT molecular complexity index is 420. The van der Waals surface area contributed by atoms with E-state index in [1.165, 1.54) is 0 Å². The summed E-state index contributed by atoms with van der Waals surface area (Å²) in [5, 5.41) is 3.16. The lowest BCUT2D eigenvalue weighted by molar-refractivity contribution is 0.0312. The van der Waals surface area contributed by atoms with E-state index < -0.39 is 0 Å². The minimum atomic E-state index is 0.351. The summed E-state index contributed by atoms with van der Waals surface area (Å²) >= 11 is 0. The molecule has 0 radical (unpaired) electrons. The Labute approximate surface area is 120 Å². The maximum absolute atomic E-state index is 5.87. The zero-order valence-electron chi connectivity index (χ0n) is 12.3. The molecular weight excluding hydrogens is 256 g/mol. The Hall–Kier alpha value is -1.40.